The van der Waals surface area contributed by atoms with Crippen molar-refractivity contribution in [2.45, 2.75) is 6.92 Å². The second-order valence-corrected chi connectivity index (χ2v) is 2.84. The summed E-state index contributed by atoms with van der Waals surface area (Å²) in [5, 5.41) is 24.1. The van der Waals surface area contributed by atoms with Crippen LogP contribution in [0, 0.1) is 17.0 Å². The first-order chi connectivity index (χ1) is 7.63. The second kappa shape index (κ2) is 3.61. The molecule has 2 rings (SSSR count). The summed E-state index contributed by atoms with van der Waals surface area (Å²) in [5.74, 6) is 0.175. The van der Waals surface area contributed by atoms with Gasteiger partial charge in [0.05, 0.1) is 12.0 Å². The summed E-state index contributed by atoms with van der Waals surface area (Å²) >= 11 is 0. The molecule has 0 atom stereocenters. The van der Waals surface area contributed by atoms with Gasteiger partial charge in [-0.2, -0.15) is 0 Å². The molecule has 0 unspecified atom stereocenters. The van der Waals surface area contributed by atoms with Crippen LogP contribution >= 0.6 is 0 Å². The quantitative estimate of drug-likeness (QED) is 0.602. The van der Waals surface area contributed by atoms with Crippen molar-refractivity contribution in [1.29, 1.82) is 0 Å². The Morgan fingerprint density at radius 3 is 2.75 bits per heavy atom. The zero-order valence-corrected chi connectivity index (χ0v) is 8.42. The molecular weight excluding hydrogens is 218 g/mol. The summed E-state index contributed by atoms with van der Waals surface area (Å²) in [4.78, 5) is 10.2. The smallest absolute Gasteiger partial charge is 0.362 e. The Bertz CT molecular complexity index is 531. The lowest BCUT2D eigenvalue weighted by Crippen LogP contribution is -1.93. The van der Waals surface area contributed by atoms with E-state index < -0.39 is 4.92 Å². The lowest BCUT2D eigenvalue weighted by atomic mass is 10.3. The van der Waals surface area contributed by atoms with Crippen molar-refractivity contribution in [3.63, 3.8) is 0 Å². The number of aromatic amines is 1. The minimum Gasteiger partial charge on any atom is -0.475 e. The average Bonchev–Trinajstić information content (AvgIpc) is 2.82. The average molecular weight is 225 g/mol. The standard InChI is InChI=1S/C7H7N5O4/c1-3-8-10-6(16-3)4-5(12(13)14)7(15-2)11-9-4/h1-2H3,(H,9,11). The van der Waals surface area contributed by atoms with Gasteiger partial charge >= 0.3 is 11.6 Å². The summed E-state index contributed by atoms with van der Waals surface area (Å²) in [6.45, 7) is 1.58. The molecule has 9 nitrogen and oxygen atoms in total. The van der Waals surface area contributed by atoms with Crippen molar-refractivity contribution >= 4 is 5.69 Å². The highest BCUT2D eigenvalue weighted by molar-refractivity contribution is 5.66. The van der Waals surface area contributed by atoms with Crippen molar-refractivity contribution in [3.05, 3.63) is 16.0 Å². The maximum absolute atomic E-state index is 10.8. The fourth-order valence-corrected chi connectivity index (χ4v) is 1.18. The number of nitrogens with one attached hydrogen (secondary N) is 1. The highest BCUT2D eigenvalue weighted by Crippen LogP contribution is 2.34. The maximum Gasteiger partial charge on any atom is 0.362 e. The number of rotatable bonds is 3. The lowest BCUT2D eigenvalue weighted by molar-refractivity contribution is -0.385. The molecule has 2 aromatic rings. The van der Waals surface area contributed by atoms with Gasteiger partial charge in [0.15, 0.2) is 0 Å². The molecule has 0 saturated heterocycles. The molecule has 0 aromatic carbocycles. The van der Waals surface area contributed by atoms with E-state index in [1.807, 2.05) is 0 Å². The van der Waals surface area contributed by atoms with Gasteiger partial charge in [-0.1, -0.05) is 0 Å². The Morgan fingerprint density at radius 1 is 1.50 bits per heavy atom. The van der Waals surface area contributed by atoms with Gasteiger partial charge in [0.1, 0.15) is 0 Å². The van der Waals surface area contributed by atoms with Gasteiger partial charge in [-0.05, 0) is 0 Å². The van der Waals surface area contributed by atoms with Gasteiger partial charge in [0, 0.05) is 6.92 Å². The third-order valence-corrected chi connectivity index (χ3v) is 1.82. The molecule has 0 spiro atoms. The number of hydrogen-bond acceptors (Lipinski definition) is 7. The molecule has 2 aromatic heterocycles. The Kier molecular flexibility index (Phi) is 2.27. The predicted molar refractivity (Wildman–Crippen MR) is 49.8 cm³/mol. The number of nitrogens with zero attached hydrogens (tertiary/aromatic N) is 4. The summed E-state index contributed by atoms with van der Waals surface area (Å²) in [6.07, 6.45) is 0. The molecule has 0 amide bonds. The van der Waals surface area contributed by atoms with Gasteiger partial charge in [-0.15, -0.1) is 15.3 Å². The largest absolute Gasteiger partial charge is 0.475 e. The molecule has 0 bridgehead atoms. The highest BCUT2D eigenvalue weighted by Gasteiger charge is 2.29. The second-order valence-electron chi connectivity index (χ2n) is 2.84. The predicted octanol–water partition coefficient (Wildman–Crippen LogP) is 0.685. The van der Waals surface area contributed by atoms with Crippen LogP contribution in [0.5, 0.6) is 5.88 Å². The van der Waals surface area contributed by atoms with Crippen LogP contribution in [0.25, 0.3) is 11.6 Å². The first-order valence-electron chi connectivity index (χ1n) is 4.20. The third-order valence-electron chi connectivity index (χ3n) is 1.82. The maximum atomic E-state index is 10.8. The van der Waals surface area contributed by atoms with E-state index in [0.29, 0.717) is 5.89 Å². The highest BCUT2D eigenvalue weighted by atomic mass is 16.6. The van der Waals surface area contributed by atoms with Gasteiger partial charge in [0.25, 0.3) is 5.89 Å². The van der Waals surface area contributed by atoms with E-state index in [0.717, 1.165) is 0 Å². The van der Waals surface area contributed by atoms with E-state index in [-0.39, 0.29) is 23.2 Å². The number of nitro groups is 1. The summed E-state index contributed by atoms with van der Waals surface area (Å²) < 4.78 is 9.81. The minimum absolute atomic E-state index is 0. The molecule has 0 radical (unpaired) electrons. The van der Waals surface area contributed by atoms with Crippen LogP contribution in [0.15, 0.2) is 4.42 Å². The molecule has 0 fully saturated rings. The van der Waals surface area contributed by atoms with E-state index in [1.165, 1.54) is 7.11 Å². The van der Waals surface area contributed by atoms with Crippen molar-refractivity contribution in [2.24, 2.45) is 0 Å². The number of aromatic nitrogens is 4. The molecule has 0 saturated carbocycles. The molecule has 2 heterocycles. The van der Waals surface area contributed by atoms with Crippen molar-refractivity contribution in [2.75, 3.05) is 7.11 Å². The molecular formula is C7H7N5O4. The van der Waals surface area contributed by atoms with Crippen molar-refractivity contribution in [1.82, 2.24) is 20.4 Å². The topological polar surface area (TPSA) is 120 Å². The normalized spacial score (nSPS) is 10.4. The first kappa shape index (κ1) is 10.1. The summed E-state index contributed by atoms with van der Waals surface area (Å²) in [7, 11) is 1.28. The Balaban J connectivity index is 2.57. The van der Waals surface area contributed by atoms with Crippen LogP contribution in [-0.2, 0) is 0 Å². The van der Waals surface area contributed by atoms with E-state index in [4.69, 9.17) is 9.15 Å². The van der Waals surface area contributed by atoms with E-state index in [2.05, 4.69) is 20.4 Å². The molecule has 9 heteroatoms. The van der Waals surface area contributed by atoms with Crippen LogP contribution in [0.2, 0.25) is 0 Å². The Hall–Kier alpha value is -2.45. The van der Waals surface area contributed by atoms with Crippen LogP contribution in [0.4, 0.5) is 5.69 Å². The zero-order chi connectivity index (χ0) is 11.7. The molecule has 0 aliphatic carbocycles. The monoisotopic (exact) mass is 225 g/mol. The van der Waals surface area contributed by atoms with E-state index in [9.17, 15) is 10.1 Å². The number of hydrogen-bond donors (Lipinski definition) is 1. The molecule has 16 heavy (non-hydrogen) atoms. The lowest BCUT2D eigenvalue weighted by Gasteiger charge is -1.92. The van der Waals surface area contributed by atoms with Crippen LogP contribution in [0.1, 0.15) is 5.89 Å². The fraction of sp³-hybridized carbons (Fsp3) is 0.286. The number of aryl methyl sites for hydroxylation is 1. The zero-order valence-electron chi connectivity index (χ0n) is 8.42. The van der Waals surface area contributed by atoms with Crippen LogP contribution in [0.3, 0.4) is 0 Å². The Morgan fingerprint density at radius 2 is 2.25 bits per heavy atom. The van der Waals surface area contributed by atoms with E-state index >= 15 is 0 Å². The van der Waals surface area contributed by atoms with E-state index in [1.54, 1.807) is 6.92 Å². The molecule has 0 aliphatic rings. The number of ether oxygens (including phenoxy) is 1. The van der Waals surface area contributed by atoms with Crippen molar-refractivity contribution in [3.8, 4) is 17.5 Å². The van der Waals surface area contributed by atoms with Gasteiger partial charge < -0.3 is 9.15 Å². The Labute approximate surface area is 88.6 Å². The SMILES string of the molecule is COc1n[nH]c(-c2nnc(C)o2)c1[N+](=O)[O-]. The molecule has 1 N–H and O–H groups in total. The van der Waals surface area contributed by atoms with Gasteiger partial charge in [-0.3, -0.25) is 15.2 Å². The van der Waals surface area contributed by atoms with Gasteiger partial charge in [0.2, 0.25) is 11.6 Å². The summed E-state index contributed by atoms with van der Waals surface area (Å²) in [5.41, 5.74) is -0.298. The molecule has 84 valence electrons. The molecule has 0 aliphatic heterocycles. The third kappa shape index (κ3) is 1.47. The van der Waals surface area contributed by atoms with Crippen LogP contribution < -0.4 is 4.74 Å². The number of H-pyrrole nitrogens is 1. The van der Waals surface area contributed by atoms with Crippen molar-refractivity contribution < 1.29 is 14.1 Å². The fourth-order valence-electron chi connectivity index (χ4n) is 1.18. The summed E-state index contributed by atoms with van der Waals surface area (Å²) in [6, 6.07) is 0. The minimum atomic E-state index is -0.628. The van der Waals surface area contributed by atoms with Crippen LogP contribution in [-0.4, -0.2) is 32.4 Å². The first-order valence-corrected chi connectivity index (χ1v) is 4.20. The van der Waals surface area contributed by atoms with Gasteiger partial charge in [-0.25, -0.2) is 0 Å². The number of methoxy groups -OCH3 is 1.